The molecule has 0 aromatic rings. The molecular formula is C45H88O12. The quantitative estimate of drug-likeness (QED) is 0.0496. The number of carbonyl (C=O) groups is 2. The van der Waals surface area contributed by atoms with Crippen LogP contribution in [0.4, 0.5) is 0 Å². The maximum absolute atomic E-state index is 11.6. The molecule has 340 valence electrons. The highest BCUT2D eigenvalue weighted by Crippen LogP contribution is 2.15. The molecule has 0 saturated carbocycles. The van der Waals surface area contributed by atoms with Gasteiger partial charge < -0.3 is 47.4 Å². The van der Waals surface area contributed by atoms with Crippen LogP contribution in [0.3, 0.4) is 0 Å². The normalized spacial score (nSPS) is 17.0. The van der Waals surface area contributed by atoms with Gasteiger partial charge in [0.1, 0.15) is 0 Å². The fraction of sp³-hybridized carbons (Fsp3) is 0.956. The van der Waals surface area contributed by atoms with Crippen LogP contribution in [-0.4, -0.2) is 131 Å². The molecule has 12 nitrogen and oxygen atoms in total. The van der Waals surface area contributed by atoms with E-state index in [1.165, 1.54) is 142 Å². The maximum atomic E-state index is 11.6. The fourth-order valence-corrected chi connectivity index (χ4v) is 6.04. The molecule has 1 atom stereocenters. The van der Waals surface area contributed by atoms with E-state index in [4.69, 9.17) is 42.6 Å². The average Bonchev–Trinajstić information content (AvgIpc) is 3.21. The molecule has 2 rings (SSSR count). The van der Waals surface area contributed by atoms with E-state index < -0.39 is 17.9 Å². The van der Waals surface area contributed by atoms with Gasteiger partial charge in [0.2, 0.25) is 0 Å². The SMILES string of the molecule is C1COCCOCCOCCO1.C1COCCOCCOCCO1.CCCCCCCCCCCCCCCCCCCCCCCCOC(=O)C(C)C(=O)OC. The number of rotatable bonds is 25. The summed E-state index contributed by atoms with van der Waals surface area (Å²) in [4.78, 5) is 22.9. The Morgan fingerprint density at radius 1 is 0.368 bits per heavy atom. The molecule has 0 aliphatic carbocycles. The van der Waals surface area contributed by atoms with Crippen LogP contribution in [0.25, 0.3) is 0 Å². The molecule has 2 saturated heterocycles. The summed E-state index contributed by atoms with van der Waals surface area (Å²) in [5.74, 6) is -1.84. The van der Waals surface area contributed by atoms with Crippen molar-refractivity contribution in [3.8, 4) is 0 Å². The van der Waals surface area contributed by atoms with E-state index in [0.29, 0.717) is 112 Å². The van der Waals surface area contributed by atoms with Crippen molar-refractivity contribution < 1.29 is 57.0 Å². The van der Waals surface area contributed by atoms with Crippen LogP contribution in [-0.2, 0) is 57.0 Å². The summed E-state index contributed by atoms with van der Waals surface area (Å²) in [6, 6.07) is 0. The monoisotopic (exact) mass is 821 g/mol. The third kappa shape index (κ3) is 45.6. The topological polar surface area (TPSA) is 126 Å². The summed E-state index contributed by atoms with van der Waals surface area (Å²) in [5.41, 5.74) is 0. The predicted octanol–water partition coefficient (Wildman–Crippen LogP) is 9.07. The molecule has 0 amide bonds. The van der Waals surface area contributed by atoms with Gasteiger partial charge in [0.25, 0.3) is 0 Å². The van der Waals surface area contributed by atoms with E-state index in [0.717, 1.165) is 12.8 Å². The van der Waals surface area contributed by atoms with Gasteiger partial charge in [-0.3, -0.25) is 9.59 Å². The first kappa shape index (κ1) is 55.6. The van der Waals surface area contributed by atoms with Crippen molar-refractivity contribution in [1.29, 1.82) is 0 Å². The first-order chi connectivity index (χ1) is 28.1. The molecule has 0 aromatic heterocycles. The van der Waals surface area contributed by atoms with Gasteiger partial charge in [-0.1, -0.05) is 142 Å². The molecule has 0 bridgehead atoms. The third-order valence-corrected chi connectivity index (χ3v) is 9.63. The molecule has 1 unspecified atom stereocenters. The van der Waals surface area contributed by atoms with Gasteiger partial charge in [0, 0.05) is 0 Å². The van der Waals surface area contributed by atoms with Crippen molar-refractivity contribution in [2.24, 2.45) is 5.92 Å². The van der Waals surface area contributed by atoms with Crippen LogP contribution < -0.4 is 0 Å². The Balaban J connectivity index is 0.00000105. The minimum Gasteiger partial charge on any atom is -0.468 e. The summed E-state index contributed by atoms with van der Waals surface area (Å²) in [6.45, 7) is 14.5. The second-order valence-electron chi connectivity index (χ2n) is 14.7. The molecule has 57 heavy (non-hydrogen) atoms. The van der Waals surface area contributed by atoms with Crippen LogP contribution in [0, 0.1) is 5.92 Å². The van der Waals surface area contributed by atoms with Crippen molar-refractivity contribution in [3.63, 3.8) is 0 Å². The molecule has 2 aliphatic heterocycles. The fourth-order valence-electron chi connectivity index (χ4n) is 6.04. The molecule has 0 N–H and O–H groups in total. The van der Waals surface area contributed by atoms with E-state index in [1.807, 2.05) is 0 Å². The average molecular weight is 821 g/mol. The van der Waals surface area contributed by atoms with E-state index in [2.05, 4.69) is 11.7 Å². The van der Waals surface area contributed by atoms with Crippen LogP contribution in [0.1, 0.15) is 155 Å². The molecular weight excluding hydrogens is 732 g/mol. The molecule has 2 heterocycles. The molecule has 12 heteroatoms. The molecule has 2 aliphatic rings. The van der Waals surface area contributed by atoms with Gasteiger partial charge in [-0.05, 0) is 13.3 Å². The zero-order chi connectivity index (χ0) is 41.4. The number of hydrogen-bond acceptors (Lipinski definition) is 12. The number of ether oxygens (including phenoxy) is 10. The third-order valence-electron chi connectivity index (χ3n) is 9.63. The second-order valence-corrected chi connectivity index (χ2v) is 14.7. The lowest BCUT2D eigenvalue weighted by molar-refractivity contribution is -0.159. The Kier molecular flexibility index (Phi) is 47.8. The Labute approximate surface area is 348 Å². The van der Waals surface area contributed by atoms with Crippen molar-refractivity contribution in [3.05, 3.63) is 0 Å². The second kappa shape index (κ2) is 49.0. The zero-order valence-electron chi connectivity index (χ0n) is 37.1. The summed E-state index contributed by atoms with van der Waals surface area (Å²) in [5, 5.41) is 0. The van der Waals surface area contributed by atoms with Crippen LogP contribution >= 0.6 is 0 Å². The minimum absolute atomic E-state index is 0.402. The molecule has 0 spiro atoms. The number of methoxy groups -OCH3 is 1. The van der Waals surface area contributed by atoms with Gasteiger partial charge in [-0.2, -0.15) is 0 Å². The van der Waals surface area contributed by atoms with Gasteiger partial charge >= 0.3 is 11.9 Å². The lowest BCUT2D eigenvalue weighted by atomic mass is 10.0. The van der Waals surface area contributed by atoms with E-state index in [1.54, 1.807) is 0 Å². The van der Waals surface area contributed by atoms with E-state index >= 15 is 0 Å². The Hall–Kier alpha value is -1.38. The number of hydrogen-bond donors (Lipinski definition) is 0. The number of carbonyl (C=O) groups excluding carboxylic acids is 2. The summed E-state index contributed by atoms with van der Waals surface area (Å²) >= 11 is 0. The molecule has 2 fully saturated rings. The van der Waals surface area contributed by atoms with Crippen LogP contribution in [0.15, 0.2) is 0 Å². The smallest absolute Gasteiger partial charge is 0.320 e. The first-order valence-electron chi connectivity index (χ1n) is 23.0. The van der Waals surface area contributed by atoms with E-state index in [-0.39, 0.29) is 0 Å². The van der Waals surface area contributed by atoms with Gasteiger partial charge in [-0.15, -0.1) is 0 Å². The van der Waals surface area contributed by atoms with Crippen molar-refractivity contribution >= 4 is 11.9 Å². The lowest BCUT2D eigenvalue weighted by Gasteiger charge is -2.09. The highest BCUT2D eigenvalue weighted by molar-refractivity contribution is 5.94. The Morgan fingerprint density at radius 2 is 0.579 bits per heavy atom. The molecule has 0 aromatic carbocycles. The van der Waals surface area contributed by atoms with Crippen molar-refractivity contribution in [2.75, 3.05) is 119 Å². The lowest BCUT2D eigenvalue weighted by Crippen LogP contribution is -2.24. The van der Waals surface area contributed by atoms with Crippen LogP contribution in [0.5, 0.6) is 0 Å². The highest BCUT2D eigenvalue weighted by atomic mass is 16.6. The Bertz CT molecular complexity index is 692. The number of unbranched alkanes of at least 4 members (excludes halogenated alkanes) is 21. The largest absolute Gasteiger partial charge is 0.468 e. The first-order valence-corrected chi connectivity index (χ1v) is 23.0. The molecule has 0 radical (unpaired) electrons. The maximum Gasteiger partial charge on any atom is 0.320 e. The Morgan fingerprint density at radius 3 is 0.789 bits per heavy atom. The van der Waals surface area contributed by atoms with Crippen molar-refractivity contribution in [1.82, 2.24) is 0 Å². The predicted molar refractivity (Wildman–Crippen MR) is 226 cm³/mol. The zero-order valence-corrected chi connectivity index (χ0v) is 37.1. The van der Waals surface area contributed by atoms with Gasteiger partial charge in [0.15, 0.2) is 5.92 Å². The highest BCUT2D eigenvalue weighted by Gasteiger charge is 2.23. The van der Waals surface area contributed by atoms with Gasteiger partial charge in [-0.25, -0.2) is 0 Å². The standard InChI is InChI=1S/C29H56O4.2C8H16O4/c1-4-5-6-7-8-9-10-11-12-13-14-15-16-17-18-19-20-21-22-23-24-25-26-33-29(31)27(2)28(30)32-3;2*1-2-10-5-6-12-8-7-11-4-3-9-1/h27H,4-26H2,1-3H3;2*1-8H2. The van der Waals surface area contributed by atoms with E-state index in [9.17, 15) is 9.59 Å². The number of esters is 2. The summed E-state index contributed by atoms with van der Waals surface area (Å²) in [6.07, 6.45) is 29.9. The van der Waals surface area contributed by atoms with Crippen LogP contribution in [0.2, 0.25) is 0 Å². The minimum atomic E-state index is -0.824. The summed E-state index contributed by atoms with van der Waals surface area (Å²) < 4.78 is 51.4. The van der Waals surface area contributed by atoms with Crippen molar-refractivity contribution in [2.45, 2.75) is 155 Å². The summed E-state index contributed by atoms with van der Waals surface area (Å²) in [7, 11) is 1.28. The van der Waals surface area contributed by atoms with Gasteiger partial charge in [0.05, 0.1) is 119 Å².